The van der Waals surface area contributed by atoms with Gasteiger partial charge in [-0.25, -0.2) is 14.8 Å². The van der Waals surface area contributed by atoms with E-state index in [2.05, 4.69) is 20.6 Å². The molecular formula is C29H36N6O3S. The Morgan fingerprint density at radius 3 is 2.56 bits per heavy atom. The molecule has 1 aliphatic heterocycles. The summed E-state index contributed by atoms with van der Waals surface area (Å²) in [5, 5.41) is 6.70. The number of nitrogens with two attached hydrogens (primary N) is 1. The third-order valence-corrected chi connectivity index (χ3v) is 7.67. The van der Waals surface area contributed by atoms with Gasteiger partial charge < -0.3 is 21.1 Å². The zero-order chi connectivity index (χ0) is 24.8. The van der Waals surface area contributed by atoms with Gasteiger partial charge in [0.25, 0.3) is 5.91 Å². The summed E-state index contributed by atoms with van der Waals surface area (Å²) >= 11 is 1.26. The maximum absolute atomic E-state index is 13.4. The largest absolute Gasteiger partial charge is 0.439 e. The van der Waals surface area contributed by atoms with Crippen LogP contribution in [0.2, 0.25) is 0 Å². The van der Waals surface area contributed by atoms with Crippen LogP contribution in [0.25, 0.3) is 10.2 Å². The predicted octanol–water partition coefficient (Wildman–Crippen LogP) is 6.99. The lowest BCUT2D eigenvalue weighted by Crippen LogP contribution is -2.44. The molecule has 2 atom stereocenters. The highest BCUT2D eigenvalue weighted by molar-refractivity contribution is 7.21. The van der Waals surface area contributed by atoms with Crippen molar-refractivity contribution >= 4 is 50.6 Å². The summed E-state index contributed by atoms with van der Waals surface area (Å²) in [4.78, 5) is 38.2. The van der Waals surface area contributed by atoms with E-state index in [-0.39, 0.29) is 46.3 Å². The van der Waals surface area contributed by atoms with E-state index in [0.717, 1.165) is 24.6 Å². The number of amides is 3. The molecular weight excluding hydrogens is 512 g/mol. The first-order chi connectivity index (χ1) is 17.5. The van der Waals surface area contributed by atoms with Crippen molar-refractivity contribution in [2.75, 3.05) is 10.2 Å². The molecule has 0 unspecified atom stereocenters. The van der Waals surface area contributed by atoms with E-state index in [4.69, 9.17) is 10.5 Å². The quantitative estimate of drug-likeness (QED) is 0.247. The summed E-state index contributed by atoms with van der Waals surface area (Å²) in [5.74, 6) is 0.867. The first kappa shape index (κ1) is 29.5. The van der Waals surface area contributed by atoms with Crippen LogP contribution in [0.1, 0.15) is 56.9 Å². The number of hydrogen-bond donors (Lipinski definition) is 3. The van der Waals surface area contributed by atoms with Gasteiger partial charge in [-0.05, 0) is 50.5 Å². The monoisotopic (exact) mass is 548 g/mol. The number of ether oxygens (including phenoxy) is 1. The van der Waals surface area contributed by atoms with Gasteiger partial charge in [0, 0.05) is 24.3 Å². The molecule has 1 aliphatic carbocycles. The van der Waals surface area contributed by atoms with Crippen LogP contribution in [0.4, 0.5) is 21.9 Å². The Morgan fingerprint density at radius 1 is 1.10 bits per heavy atom. The summed E-state index contributed by atoms with van der Waals surface area (Å²) in [7, 11) is 0. The molecule has 39 heavy (non-hydrogen) atoms. The summed E-state index contributed by atoms with van der Waals surface area (Å²) in [5.41, 5.74) is 8.51. The number of thiophene rings is 1. The number of pyridine rings is 2. The first-order valence-corrected chi connectivity index (χ1v) is 12.6. The molecule has 1 saturated carbocycles. The second kappa shape index (κ2) is 11.8. The molecule has 1 fully saturated rings. The summed E-state index contributed by atoms with van der Waals surface area (Å²) in [6, 6.07) is 14.2. The molecule has 3 aromatic heterocycles. The van der Waals surface area contributed by atoms with Gasteiger partial charge >= 0.3 is 6.03 Å². The van der Waals surface area contributed by atoms with Crippen LogP contribution in [0.15, 0.2) is 54.7 Å². The van der Waals surface area contributed by atoms with Crippen LogP contribution in [0.3, 0.4) is 0 Å². The minimum Gasteiger partial charge on any atom is -0.439 e. The van der Waals surface area contributed by atoms with Crippen molar-refractivity contribution in [3.05, 3.63) is 65.3 Å². The molecule has 9 nitrogen and oxygen atoms in total. The molecule has 206 valence electrons. The third kappa shape index (κ3) is 5.30. The smallest absolute Gasteiger partial charge is 0.331 e. The van der Waals surface area contributed by atoms with Gasteiger partial charge in [0.1, 0.15) is 15.5 Å². The van der Waals surface area contributed by atoms with Crippen LogP contribution >= 0.6 is 11.3 Å². The van der Waals surface area contributed by atoms with Gasteiger partial charge in [0.15, 0.2) is 0 Å². The van der Waals surface area contributed by atoms with Gasteiger partial charge in [-0.15, -0.1) is 11.3 Å². The number of urea groups is 1. The standard InChI is InChI=1S/C26H24N6O3S.3CH4/c1-14-18(10-11-20(29-14)35-15-6-3-2-4-7-15)32-19-12-13-28-25-21(19)22(31-26(32)34)23(36-25)24(33)30-17-9-5-8-16(17)27;;;/h2-4,6-7,10-13,16-17H,5,8-9,27H2,1H3,(H,30,33)(H,31,34);3*1H4/t16-,17-;;;/m0.../s1. The maximum Gasteiger partial charge on any atom is 0.331 e. The van der Waals surface area contributed by atoms with E-state index in [9.17, 15) is 9.59 Å². The number of nitrogens with one attached hydrogen (secondary N) is 2. The van der Waals surface area contributed by atoms with Crippen LogP contribution in [0, 0.1) is 6.92 Å². The molecule has 6 rings (SSSR count). The number of rotatable bonds is 5. The molecule has 4 N–H and O–H groups in total. The molecule has 1 aromatic carbocycles. The number of aromatic nitrogens is 2. The van der Waals surface area contributed by atoms with E-state index in [1.807, 2.05) is 37.3 Å². The van der Waals surface area contributed by atoms with Crippen LogP contribution in [0.5, 0.6) is 11.6 Å². The zero-order valence-electron chi connectivity index (χ0n) is 19.5. The highest BCUT2D eigenvalue weighted by Crippen LogP contribution is 2.46. The lowest BCUT2D eigenvalue weighted by atomic mass is 10.1. The average Bonchev–Trinajstić information content (AvgIpc) is 3.45. The van der Waals surface area contributed by atoms with E-state index in [1.54, 1.807) is 29.3 Å². The fourth-order valence-electron chi connectivity index (χ4n) is 4.82. The van der Waals surface area contributed by atoms with Crippen LogP contribution < -0.4 is 26.0 Å². The van der Waals surface area contributed by atoms with Crippen LogP contribution in [-0.2, 0) is 0 Å². The van der Waals surface area contributed by atoms with Crippen molar-refractivity contribution in [3.63, 3.8) is 0 Å². The summed E-state index contributed by atoms with van der Waals surface area (Å²) < 4.78 is 5.84. The minimum atomic E-state index is -0.373. The molecule has 2 aliphatic rings. The molecule has 4 heterocycles. The maximum atomic E-state index is 13.4. The Morgan fingerprint density at radius 2 is 1.87 bits per heavy atom. The Kier molecular flexibility index (Phi) is 8.93. The highest BCUT2D eigenvalue weighted by Gasteiger charge is 2.35. The average molecular weight is 549 g/mol. The van der Waals surface area contributed by atoms with Crippen LogP contribution in [-0.4, -0.2) is 34.0 Å². The lowest BCUT2D eigenvalue weighted by Gasteiger charge is -2.29. The van der Waals surface area contributed by atoms with Gasteiger partial charge in [-0.2, -0.15) is 0 Å². The minimum absolute atomic E-state index is 0. The van der Waals surface area contributed by atoms with Crippen molar-refractivity contribution in [2.24, 2.45) is 5.73 Å². The van der Waals surface area contributed by atoms with Crippen molar-refractivity contribution in [3.8, 4) is 11.6 Å². The molecule has 0 radical (unpaired) electrons. The number of nitrogens with zero attached hydrogens (tertiary/aromatic N) is 3. The molecule has 0 bridgehead atoms. The first-order valence-electron chi connectivity index (χ1n) is 11.8. The van der Waals surface area contributed by atoms with Gasteiger partial charge in [0.2, 0.25) is 5.88 Å². The van der Waals surface area contributed by atoms with Gasteiger partial charge in [0.05, 0.1) is 28.1 Å². The van der Waals surface area contributed by atoms with E-state index in [0.29, 0.717) is 44.1 Å². The summed E-state index contributed by atoms with van der Waals surface area (Å²) in [6.07, 6.45) is 4.39. The van der Waals surface area contributed by atoms with E-state index < -0.39 is 0 Å². The number of aryl methyl sites for hydroxylation is 1. The summed E-state index contributed by atoms with van der Waals surface area (Å²) in [6.45, 7) is 1.83. The van der Waals surface area contributed by atoms with Crippen molar-refractivity contribution in [2.45, 2.75) is 60.5 Å². The van der Waals surface area contributed by atoms with E-state index in [1.165, 1.54) is 11.3 Å². The molecule has 0 saturated heterocycles. The Bertz CT molecular complexity index is 1490. The van der Waals surface area contributed by atoms with E-state index >= 15 is 0 Å². The predicted molar refractivity (Wildman–Crippen MR) is 160 cm³/mol. The van der Waals surface area contributed by atoms with Gasteiger partial charge in [-0.1, -0.05) is 40.5 Å². The SMILES string of the molecule is C.C.C.Cc1nc(Oc2ccccc2)ccc1N1C(=O)Nc2c(C(=O)N[C@H]3CCC[C@@H]3N)sc3nccc1c23. The Balaban J connectivity index is 0.00000140. The fraction of sp³-hybridized carbons (Fsp3) is 0.310. The van der Waals surface area contributed by atoms with Gasteiger partial charge in [-0.3, -0.25) is 9.69 Å². The normalized spacial score (nSPS) is 17.4. The third-order valence-electron chi connectivity index (χ3n) is 6.58. The zero-order valence-corrected chi connectivity index (χ0v) is 20.3. The van der Waals surface area contributed by atoms with Crippen molar-refractivity contribution in [1.82, 2.24) is 15.3 Å². The lowest BCUT2D eigenvalue weighted by molar-refractivity contribution is 0.0939. The molecule has 4 aromatic rings. The number of para-hydroxylation sites is 1. The second-order valence-electron chi connectivity index (χ2n) is 8.93. The topological polar surface area (TPSA) is 122 Å². The Hall–Kier alpha value is -4.02. The number of hydrogen-bond acceptors (Lipinski definition) is 7. The highest BCUT2D eigenvalue weighted by atomic mass is 32.1. The molecule has 3 amide bonds. The number of carbonyl (C=O) groups is 2. The fourth-order valence-corrected chi connectivity index (χ4v) is 5.84. The molecule has 10 heteroatoms. The Labute approximate surface area is 233 Å². The molecule has 0 spiro atoms. The number of carbonyl (C=O) groups excluding carboxylic acids is 2. The van der Waals surface area contributed by atoms with Crippen molar-refractivity contribution < 1.29 is 14.3 Å². The number of benzene rings is 1. The number of anilines is 3. The second-order valence-corrected chi connectivity index (χ2v) is 9.92. The van der Waals surface area contributed by atoms with Crippen molar-refractivity contribution in [1.29, 1.82) is 0 Å².